The molecular weight excluding hydrogens is 444 g/mol. The molecule has 1 aliphatic carbocycles. The van der Waals surface area contributed by atoms with Crippen LogP contribution < -0.4 is 22.1 Å². The van der Waals surface area contributed by atoms with Crippen LogP contribution in [0.15, 0.2) is 22.0 Å². The number of aryl methyl sites for hydroxylation is 3. The van der Waals surface area contributed by atoms with Crippen LogP contribution in [-0.4, -0.2) is 30.5 Å². The summed E-state index contributed by atoms with van der Waals surface area (Å²) in [4.78, 5) is 56.1. The monoisotopic (exact) mass is 472 g/mol. The van der Waals surface area contributed by atoms with Crippen LogP contribution in [0.25, 0.3) is 11.2 Å². The van der Waals surface area contributed by atoms with Crippen molar-refractivity contribution in [1.82, 2.24) is 29.5 Å². The predicted molar refractivity (Wildman–Crippen MR) is 125 cm³/mol. The highest BCUT2D eigenvalue weighted by atomic mass is 32.1. The van der Waals surface area contributed by atoms with Gasteiger partial charge < -0.3 is 4.57 Å². The Morgan fingerprint density at radius 2 is 1.94 bits per heavy atom. The first-order valence-corrected chi connectivity index (χ1v) is 11.6. The minimum absolute atomic E-state index is 0.212. The molecule has 0 saturated heterocycles. The van der Waals surface area contributed by atoms with Crippen molar-refractivity contribution in [2.45, 2.75) is 46.6 Å². The van der Waals surface area contributed by atoms with E-state index in [1.54, 1.807) is 7.05 Å². The molecule has 1 atom stereocenters. The lowest BCUT2D eigenvalue weighted by molar-refractivity contribution is -0.122. The summed E-state index contributed by atoms with van der Waals surface area (Å²) < 4.78 is 3.53. The van der Waals surface area contributed by atoms with Crippen molar-refractivity contribution in [3.63, 3.8) is 0 Å². The van der Waals surface area contributed by atoms with E-state index in [-0.39, 0.29) is 16.6 Å². The summed E-state index contributed by atoms with van der Waals surface area (Å²) in [5, 5.41) is 0. The molecule has 11 heteroatoms. The number of carbonyl (C=O) groups is 2. The summed E-state index contributed by atoms with van der Waals surface area (Å²) in [6.45, 7) is 6.19. The van der Waals surface area contributed by atoms with Gasteiger partial charge in [-0.05, 0) is 42.2 Å². The summed E-state index contributed by atoms with van der Waals surface area (Å²) in [6, 6.07) is 1.90. The van der Waals surface area contributed by atoms with E-state index in [0.29, 0.717) is 10.8 Å². The lowest BCUT2D eigenvalue weighted by Gasteiger charge is -2.33. The number of nitrogens with one attached hydrogen (secondary N) is 2. The molecule has 0 radical (unpaired) electrons. The Balaban J connectivity index is 1.44. The topological polar surface area (TPSA) is 120 Å². The fourth-order valence-corrected chi connectivity index (χ4v) is 5.39. The maximum atomic E-state index is 12.7. The third-order valence-corrected chi connectivity index (χ3v) is 7.59. The number of aromatic nitrogens is 4. The molecule has 0 aliphatic heterocycles. The van der Waals surface area contributed by atoms with Gasteiger partial charge in [-0.15, -0.1) is 11.3 Å². The Hall–Kier alpha value is -3.21. The fraction of sp³-hybridized carbons (Fsp3) is 0.500. The zero-order valence-corrected chi connectivity index (χ0v) is 20.2. The van der Waals surface area contributed by atoms with Crippen molar-refractivity contribution in [1.29, 1.82) is 0 Å². The number of carbonyl (C=O) groups excluding carboxylic acids is 2. The van der Waals surface area contributed by atoms with Gasteiger partial charge in [0.05, 0.1) is 11.2 Å². The van der Waals surface area contributed by atoms with Gasteiger partial charge in [-0.1, -0.05) is 20.8 Å². The molecule has 3 aromatic rings. The van der Waals surface area contributed by atoms with E-state index in [1.165, 1.54) is 44.3 Å². The highest BCUT2D eigenvalue weighted by Crippen LogP contribution is 2.40. The van der Waals surface area contributed by atoms with Crippen LogP contribution in [0.3, 0.4) is 0 Å². The van der Waals surface area contributed by atoms with Gasteiger partial charge in [-0.2, -0.15) is 0 Å². The summed E-state index contributed by atoms with van der Waals surface area (Å²) >= 11 is 1.44. The first-order valence-electron chi connectivity index (χ1n) is 10.8. The third kappa shape index (κ3) is 4.24. The normalized spacial score (nSPS) is 16.0. The van der Waals surface area contributed by atoms with E-state index in [9.17, 15) is 19.2 Å². The molecule has 1 aliphatic rings. The van der Waals surface area contributed by atoms with Gasteiger partial charge >= 0.3 is 5.69 Å². The van der Waals surface area contributed by atoms with Crippen molar-refractivity contribution in [2.24, 2.45) is 25.4 Å². The van der Waals surface area contributed by atoms with Gasteiger partial charge in [-0.3, -0.25) is 29.8 Å². The van der Waals surface area contributed by atoms with Gasteiger partial charge in [0.1, 0.15) is 6.54 Å². The average Bonchev–Trinajstić information content (AvgIpc) is 3.36. The number of amides is 2. The van der Waals surface area contributed by atoms with E-state index < -0.39 is 29.6 Å². The number of rotatable bonds is 3. The molecular formula is C22H28N6O4S. The zero-order chi connectivity index (χ0) is 24.1. The maximum Gasteiger partial charge on any atom is 0.332 e. The van der Waals surface area contributed by atoms with Crippen LogP contribution in [0.1, 0.15) is 47.3 Å². The second kappa shape index (κ2) is 8.29. The fourth-order valence-electron chi connectivity index (χ4n) is 4.28. The summed E-state index contributed by atoms with van der Waals surface area (Å²) in [5.41, 5.74) is 5.30. The number of fused-ring (bicyclic) bond motifs is 2. The summed E-state index contributed by atoms with van der Waals surface area (Å²) in [6.07, 6.45) is 4.42. The molecule has 2 amide bonds. The smallest absolute Gasteiger partial charge is 0.328 e. The number of hydrogen-bond acceptors (Lipinski definition) is 6. The van der Waals surface area contributed by atoms with E-state index >= 15 is 0 Å². The molecule has 33 heavy (non-hydrogen) atoms. The Morgan fingerprint density at radius 3 is 2.64 bits per heavy atom. The van der Waals surface area contributed by atoms with Crippen molar-refractivity contribution < 1.29 is 9.59 Å². The lowest BCUT2D eigenvalue weighted by Crippen LogP contribution is -2.47. The molecule has 0 aromatic carbocycles. The van der Waals surface area contributed by atoms with E-state index in [1.807, 2.05) is 6.07 Å². The molecule has 3 aromatic heterocycles. The Kier molecular flexibility index (Phi) is 5.77. The van der Waals surface area contributed by atoms with E-state index in [2.05, 4.69) is 36.6 Å². The second-order valence-electron chi connectivity index (χ2n) is 9.63. The van der Waals surface area contributed by atoms with Gasteiger partial charge in [0.15, 0.2) is 11.2 Å². The molecule has 0 fully saturated rings. The molecule has 0 bridgehead atoms. The largest absolute Gasteiger partial charge is 0.332 e. The Labute approximate surface area is 194 Å². The molecule has 4 rings (SSSR count). The first kappa shape index (κ1) is 23.0. The lowest BCUT2D eigenvalue weighted by atomic mass is 9.72. The predicted octanol–water partition coefficient (Wildman–Crippen LogP) is 1.11. The highest BCUT2D eigenvalue weighted by Gasteiger charge is 2.30. The molecule has 0 saturated carbocycles. The highest BCUT2D eigenvalue weighted by molar-refractivity contribution is 7.14. The Bertz CT molecular complexity index is 1370. The molecule has 176 valence electrons. The SMILES string of the molecule is Cn1cnc2c1c(=O)n(CC(=O)NNC(=O)c1cc3c(s1)CCC(C(C)(C)C)C3)c(=O)n2C. The first-order chi connectivity index (χ1) is 15.5. The maximum absolute atomic E-state index is 12.7. The number of hydrogen-bond donors (Lipinski definition) is 2. The van der Waals surface area contributed by atoms with Gasteiger partial charge in [0.25, 0.3) is 17.4 Å². The van der Waals surface area contributed by atoms with Crippen molar-refractivity contribution in [3.05, 3.63) is 48.5 Å². The molecule has 3 heterocycles. The second-order valence-corrected chi connectivity index (χ2v) is 10.8. The van der Waals surface area contributed by atoms with Crippen LogP contribution in [-0.2, 0) is 38.3 Å². The van der Waals surface area contributed by atoms with E-state index in [4.69, 9.17) is 0 Å². The van der Waals surface area contributed by atoms with Crippen molar-refractivity contribution in [3.8, 4) is 0 Å². The van der Waals surface area contributed by atoms with Crippen LogP contribution in [0, 0.1) is 11.3 Å². The quantitative estimate of drug-likeness (QED) is 0.554. The van der Waals surface area contributed by atoms with E-state index in [0.717, 1.165) is 23.8 Å². The van der Waals surface area contributed by atoms with Crippen LogP contribution in [0.5, 0.6) is 0 Å². The third-order valence-electron chi connectivity index (χ3n) is 6.35. The molecule has 1 unspecified atom stereocenters. The van der Waals surface area contributed by atoms with Crippen molar-refractivity contribution in [2.75, 3.05) is 0 Å². The summed E-state index contributed by atoms with van der Waals surface area (Å²) in [5.74, 6) is -0.538. The minimum Gasteiger partial charge on any atom is -0.328 e. The number of thiophene rings is 1. The van der Waals surface area contributed by atoms with Crippen LogP contribution >= 0.6 is 11.3 Å². The standard InChI is InChI=1S/C22H28N6O4S/c1-22(2,3)13-6-7-14-12(8-13)9-15(33-14)19(30)25-24-16(29)10-28-20(31)17-18(23-11-26(17)4)27(5)21(28)32/h9,11,13H,6-8,10H2,1-5H3,(H,24,29)(H,25,30). The molecule has 2 N–H and O–H groups in total. The molecule has 0 spiro atoms. The molecule has 10 nitrogen and oxygen atoms in total. The van der Waals surface area contributed by atoms with Crippen molar-refractivity contribution >= 4 is 34.3 Å². The number of hydrazine groups is 1. The van der Waals surface area contributed by atoms with Gasteiger partial charge in [0.2, 0.25) is 0 Å². The zero-order valence-electron chi connectivity index (χ0n) is 19.4. The van der Waals surface area contributed by atoms with Gasteiger partial charge in [0, 0.05) is 19.0 Å². The van der Waals surface area contributed by atoms with Crippen LogP contribution in [0.2, 0.25) is 0 Å². The number of nitrogens with zero attached hydrogens (tertiary/aromatic N) is 4. The Morgan fingerprint density at radius 1 is 1.21 bits per heavy atom. The average molecular weight is 473 g/mol. The van der Waals surface area contributed by atoms with Crippen LogP contribution in [0.4, 0.5) is 0 Å². The number of imidazole rings is 1. The summed E-state index contributed by atoms with van der Waals surface area (Å²) in [7, 11) is 3.12. The van der Waals surface area contributed by atoms with Gasteiger partial charge in [-0.25, -0.2) is 14.3 Å². The minimum atomic E-state index is -0.682.